The van der Waals surface area contributed by atoms with Crippen LogP contribution in [0.2, 0.25) is 0 Å². The molecule has 2 aliphatic rings. The van der Waals surface area contributed by atoms with E-state index in [0.29, 0.717) is 13.2 Å². The summed E-state index contributed by atoms with van der Waals surface area (Å²) >= 11 is 0. The SMILES string of the molecule is CN(CCOCC1CC1)C(=O)C1(N)CCC1.Cl. The number of halogens is 1. The fourth-order valence-corrected chi connectivity index (χ4v) is 1.99. The number of amides is 1. The van der Waals surface area contributed by atoms with Crippen LogP contribution in [0.1, 0.15) is 32.1 Å². The summed E-state index contributed by atoms with van der Waals surface area (Å²) in [6.07, 6.45) is 5.35. The number of likely N-dealkylation sites (N-methyl/N-ethyl adjacent to an activating group) is 1. The monoisotopic (exact) mass is 262 g/mol. The van der Waals surface area contributed by atoms with Crippen molar-refractivity contribution in [3.8, 4) is 0 Å². The second kappa shape index (κ2) is 6.03. The van der Waals surface area contributed by atoms with Crippen LogP contribution in [-0.4, -0.2) is 43.2 Å². The molecule has 2 fully saturated rings. The molecule has 0 radical (unpaired) electrons. The van der Waals surface area contributed by atoms with Gasteiger partial charge in [-0.25, -0.2) is 0 Å². The third kappa shape index (κ3) is 3.83. The van der Waals surface area contributed by atoms with Gasteiger partial charge in [-0.15, -0.1) is 12.4 Å². The van der Waals surface area contributed by atoms with Crippen molar-refractivity contribution in [3.63, 3.8) is 0 Å². The van der Waals surface area contributed by atoms with Gasteiger partial charge < -0.3 is 15.4 Å². The van der Waals surface area contributed by atoms with E-state index in [-0.39, 0.29) is 18.3 Å². The first-order chi connectivity index (χ1) is 7.62. The van der Waals surface area contributed by atoms with Crippen LogP contribution in [0.4, 0.5) is 0 Å². The molecule has 100 valence electrons. The largest absolute Gasteiger partial charge is 0.379 e. The van der Waals surface area contributed by atoms with Gasteiger partial charge in [-0.2, -0.15) is 0 Å². The summed E-state index contributed by atoms with van der Waals surface area (Å²) in [6, 6.07) is 0. The van der Waals surface area contributed by atoms with Gasteiger partial charge in [0.25, 0.3) is 0 Å². The second-order valence-electron chi connectivity index (χ2n) is 5.25. The van der Waals surface area contributed by atoms with Crippen LogP contribution in [0.15, 0.2) is 0 Å². The summed E-state index contributed by atoms with van der Waals surface area (Å²) in [5, 5.41) is 0. The van der Waals surface area contributed by atoms with Gasteiger partial charge in [0.15, 0.2) is 0 Å². The first kappa shape index (κ1) is 14.7. The first-order valence-electron chi connectivity index (χ1n) is 6.24. The molecule has 0 unspecified atom stereocenters. The van der Waals surface area contributed by atoms with Crippen molar-refractivity contribution < 1.29 is 9.53 Å². The topological polar surface area (TPSA) is 55.6 Å². The molecule has 1 amide bonds. The Kier molecular flexibility index (Phi) is 5.22. The Labute approximate surface area is 109 Å². The maximum absolute atomic E-state index is 11.9. The van der Waals surface area contributed by atoms with Gasteiger partial charge in [0.05, 0.1) is 12.1 Å². The lowest BCUT2D eigenvalue weighted by atomic mass is 9.77. The number of hydrogen-bond acceptors (Lipinski definition) is 3. The van der Waals surface area contributed by atoms with Crippen LogP contribution in [0.5, 0.6) is 0 Å². The Balaban J connectivity index is 0.00000144. The fourth-order valence-electron chi connectivity index (χ4n) is 1.99. The molecular weight excluding hydrogens is 240 g/mol. The zero-order chi connectivity index (χ0) is 11.6. The van der Waals surface area contributed by atoms with Crippen LogP contribution in [0.25, 0.3) is 0 Å². The molecule has 2 N–H and O–H groups in total. The van der Waals surface area contributed by atoms with E-state index in [1.165, 1.54) is 12.8 Å². The third-order valence-corrected chi connectivity index (χ3v) is 3.64. The van der Waals surface area contributed by atoms with Gasteiger partial charge >= 0.3 is 0 Å². The zero-order valence-electron chi connectivity index (χ0n) is 10.5. The summed E-state index contributed by atoms with van der Waals surface area (Å²) in [7, 11) is 1.82. The Bertz CT molecular complexity index is 265. The van der Waals surface area contributed by atoms with E-state index >= 15 is 0 Å². The molecule has 0 spiro atoms. The van der Waals surface area contributed by atoms with Crippen molar-refractivity contribution >= 4 is 18.3 Å². The molecule has 2 aliphatic carbocycles. The quantitative estimate of drug-likeness (QED) is 0.732. The van der Waals surface area contributed by atoms with Crippen molar-refractivity contribution in [3.05, 3.63) is 0 Å². The van der Waals surface area contributed by atoms with Gasteiger partial charge in [-0.05, 0) is 38.0 Å². The fraction of sp³-hybridized carbons (Fsp3) is 0.917. The van der Waals surface area contributed by atoms with Crippen molar-refractivity contribution in [2.24, 2.45) is 11.7 Å². The van der Waals surface area contributed by atoms with Crippen LogP contribution in [0.3, 0.4) is 0 Å². The number of carbonyl (C=O) groups is 1. The molecule has 0 aromatic heterocycles. The zero-order valence-corrected chi connectivity index (χ0v) is 11.3. The molecular formula is C12H23ClN2O2. The van der Waals surface area contributed by atoms with Crippen LogP contribution < -0.4 is 5.73 Å². The molecule has 17 heavy (non-hydrogen) atoms. The molecule has 2 rings (SSSR count). The van der Waals surface area contributed by atoms with Gasteiger partial charge in [-0.1, -0.05) is 0 Å². The maximum Gasteiger partial charge on any atom is 0.242 e. The van der Waals surface area contributed by atoms with Gasteiger partial charge in [-0.3, -0.25) is 4.79 Å². The minimum Gasteiger partial charge on any atom is -0.379 e. The Morgan fingerprint density at radius 1 is 1.47 bits per heavy atom. The van der Waals surface area contributed by atoms with E-state index in [9.17, 15) is 4.79 Å². The van der Waals surface area contributed by atoms with Crippen molar-refractivity contribution in [1.82, 2.24) is 4.90 Å². The molecule has 0 aromatic carbocycles. The number of carbonyl (C=O) groups excluding carboxylic acids is 1. The molecule has 0 atom stereocenters. The van der Waals surface area contributed by atoms with Crippen LogP contribution in [-0.2, 0) is 9.53 Å². The van der Waals surface area contributed by atoms with Gasteiger partial charge in [0.2, 0.25) is 5.91 Å². The number of nitrogens with zero attached hydrogens (tertiary/aromatic N) is 1. The summed E-state index contributed by atoms with van der Waals surface area (Å²) in [4.78, 5) is 13.6. The highest BCUT2D eigenvalue weighted by Gasteiger charge is 2.41. The van der Waals surface area contributed by atoms with E-state index in [0.717, 1.165) is 31.8 Å². The molecule has 0 aromatic rings. The van der Waals surface area contributed by atoms with Crippen LogP contribution >= 0.6 is 12.4 Å². The molecule has 2 saturated carbocycles. The molecule has 0 bridgehead atoms. The highest BCUT2D eigenvalue weighted by Crippen LogP contribution is 2.30. The lowest BCUT2D eigenvalue weighted by Gasteiger charge is -2.39. The number of nitrogens with two attached hydrogens (primary N) is 1. The summed E-state index contributed by atoms with van der Waals surface area (Å²) < 4.78 is 5.51. The number of ether oxygens (including phenoxy) is 1. The average molecular weight is 263 g/mol. The second-order valence-corrected chi connectivity index (χ2v) is 5.25. The van der Waals surface area contributed by atoms with E-state index < -0.39 is 5.54 Å². The highest BCUT2D eigenvalue weighted by molar-refractivity contribution is 5.86. The summed E-state index contributed by atoms with van der Waals surface area (Å²) in [6.45, 7) is 2.15. The highest BCUT2D eigenvalue weighted by atomic mass is 35.5. The average Bonchev–Trinajstić information content (AvgIpc) is 3.03. The number of hydrogen-bond donors (Lipinski definition) is 1. The molecule has 0 aliphatic heterocycles. The minimum absolute atomic E-state index is 0. The van der Waals surface area contributed by atoms with E-state index in [4.69, 9.17) is 10.5 Å². The smallest absolute Gasteiger partial charge is 0.242 e. The predicted molar refractivity (Wildman–Crippen MR) is 69.2 cm³/mol. The molecule has 4 nitrogen and oxygen atoms in total. The summed E-state index contributed by atoms with van der Waals surface area (Å²) in [5.41, 5.74) is 5.41. The van der Waals surface area contributed by atoms with Crippen molar-refractivity contribution in [2.75, 3.05) is 26.8 Å². The van der Waals surface area contributed by atoms with Crippen molar-refractivity contribution in [2.45, 2.75) is 37.6 Å². The molecule has 5 heteroatoms. The molecule has 0 heterocycles. The first-order valence-corrected chi connectivity index (χ1v) is 6.24. The summed E-state index contributed by atoms with van der Waals surface area (Å²) in [5.74, 6) is 0.863. The van der Waals surface area contributed by atoms with E-state index in [1.807, 2.05) is 7.05 Å². The van der Waals surface area contributed by atoms with E-state index in [2.05, 4.69) is 0 Å². The van der Waals surface area contributed by atoms with E-state index in [1.54, 1.807) is 4.90 Å². The Morgan fingerprint density at radius 2 is 2.12 bits per heavy atom. The maximum atomic E-state index is 11.9. The Hall–Kier alpha value is -0.320. The molecule has 0 saturated heterocycles. The third-order valence-electron chi connectivity index (χ3n) is 3.64. The normalized spacial score (nSPS) is 21.3. The van der Waals surface area contributed by atoms with Crippen LogP contribution in [0, 0.1) is 5.92 Å². The lowest BCUT2D eigenvalue weighted by molar-refractivity contribution is -0.139. The predicted octanol–water partition coefficient (Wildman–Crippen LogP) is 1.17. The Morgan fingerprint density at radius 3 is 2.59 bits per heavy atom. The lowest BCUT2D eigenvalue weighted by Crippen LogP contribution is -2.59. The standard InChI is InChI=1S/C12H22N2O2.ClH/c1-14(7-8-16-9-10-3-4-10)11(15)12(13)5-2-6-12;/h10H,2-9,13H2,1H3;1H. The van der Waals surface area contributed by atoms with Gasteiger partial charge in [0, 0.05) is 20.2 Å². The minimum atomic E-state index is -0.564. The number of rotatable bonds is 6. The van der Waals surface area contributed by atoms with Gasteiger partial charge in [0.1, 0.15) is 0 Å². The van der Waals surface area contributed by atoms with Crippen molar-refractivity contribution in [1.29, 1.82) is 0 Å².